The van der Waals surface area contributed by atoms with Crippen LogP contribution in [-0.4, -0.2) is 19.0 Å². The van der Waals surface area contributed by atoms with Gasteiger partial charge in [-0.05, 0) is 42.2 Å². The quantitative estimate of drug-likeness (QED) is 0.877. The van der Waals surface area contributed by atoms with Gasteiger partial charge in [0.15, 0.2) is 0 Å². The number of hydrogen-bond donors (Lipinski definition) is 1. The standard InChI is InChI=1S/C19H20N2O/c1-2-19(22)20-13-15-12-16-8-6-7-11-18(16)21(14-15)17-9-4-3-5-10-17/h2-11,15H,1,12-14H2,(H,20,22). The minimum Gasteiger partial charge on any atom is -0.352 e. The molecule has 0 bridgehead atoms. The topological polar surface area (TPSA) is 32.3 Å². The van der Waals surface area contributed by atoms with Crippen molar-refractivity contribution < 1.29 is 4.79 Å². The van der Waals surface area contributed by atoms with Crippen molar-refractivity contribution in [3.05, 3.63) is 72.8 Å². The first-order valence-corrected chi connectivity index (χ1v) is 7.58. The minimum atomic E-state index is -0.106. The van der Waals surface area contributed by atoms with E-state index < -0.39 is 0 Å². The molecule has 112 valence electrons. The van der Waals surface area contributed by atoms with Gasteiger partial charge >= 0.3 is 0 Å². The maximum absolute atomic E-state index is 11.4. The summed E-state index contributed by atoms with van der Waals surface area (Å²) in [7, 11) is 0. The molecule has 0 aromatic heterocycles. The maximum atomic E-state index is 11.4. The monoisotopic (exact) mass is 292 g/mol. The van der Waals surface area contributed by atoms with E-state index in [1.54, 1.807) is 0 Å². The minimum absolute atomic E-state index is 0.106. The number of nitrogens with one attached hydrogen (secondary N) is 1. The number of carbonyl (C=O) groups is 1. The number of nitrogens with zero attached hydrogens (tertiary/aromatic N) is 1. The molecule has 0 spiro atoms. The zero-order chi connectivity index (χ0) is 15.4. The summed E-state index contributed by atoms with van der Waals surface area (Å²) < 4.78 is 0. The zero-order valence-corrected chi connectivity index (χ0v) is 12.5. The third kappa shape index (κ3) is 3.03. The summed E-state index contributed by atoms with van der Waals surface area (Å²) in [6.07, 6.45) is 2.31. The van der Waals surface area contributed by atoms with Crippen LogP contribution in [0.2, 0.25) is 0 Å². The van der Waals surface area contributed by atoms with Crippen LogP contribution >= 0.6 is 0 Å². The lowest BCUT2D eigenvalue weighted by molar-refractivity contribution is -0.116. The molecule has 0 fully saturated rings. The van der Waals surface area contributed by atoms with Crippen LogP contribution in [0.15, 0.2) is 67.3 Å². The first-order valence-electron chi connectivity index (χ1n) is 7.58. The molecule has 3 rings (SSSR count). The molecule has 1 N–H and O–H groups in total. The first kappa shape index (κ1) is 14.4. The normalized spacial score (nSPS) is 16.7. The fourth-order valence-corrected chi connectivity index (χ4v) is 2.99. The average molecular weight is 292 g/mol. The van der Waals surface area contributed by atoms with Gasteiger partial charge in [-0.1, -0.05) is 43.0 Å². The third-order valence-corrected chi connectivity index (χ3v) is 4.05. The number of anilines is 2. The molecule has 1 aliphatic heterocycles. The highest BCUT2D eigenvalue weighted by Crippen LogP contribution is 2.34. The van der Waals surface area contributed by atoms with E-state index in [-0.39, 0.29) is 5.91 Å². The van der Waals surface area contributed by atoms with E-state index in [4.69, 9.17) is 0 Å². The molecule has 0 radical (unpaired) electrons. The van der Waals surface area contributed by atoms with Gasteiger partial charge in [0.1, 0.15) is 0 Å². The molecule has 3 nitrogen and oxygen atoms in total. The molecule has 1 amide bonds. The lowest BCUT2D eigenvalue weighted by Crippen LogP contribution is -2.38. The number of hydrogen-bond acceptors (Lipinski definition) is 2. The van der Waals surface area contributed by atoms with E-state index in [0.717, 1.165) is 13.0 Å². The van der Waals surface area contributed by atoms with E-state index in [1.165, 1.54) is 23.0 Å². The van der Waals surface area contributed by atoms with Gasteiger partial charge in [-0.25, -0.2) is 0 Å². The Kier molecular flexibility index (Phi) is 4.24. The van der Waals surface area contributed by atoms with Crippen molar-refractivity contribution in [3.63, 3.8) is 0 Å². The largest absolute Gasteiger partial charge is 0.352 e. The molecule has 0 saturated heterocycles. The van der Waals surface area contributed by atoms with Crippen LogP contribution in [0.25, 0.3) is 0 Å². The Bertz CT molecular complexity index is 666. The predicted molar refractivity (Wildman–Crippen MR) is 90.3 cm³/mol. The lowest BCUT2D eigenvalue weighted by atomic mass is 9.92. The number of benzene rings is 2. The Morgan fingerprint density at radius 2 is 1.91 bits per heavy atom. The Morgan fingerprint density at radius 3 is 2.68 bits per heavy atom. The second-order valence-corrected chi connectivity index (χ2v) is 5.59. The van der Waals surface area contributed by atoms with Crippen molar-refractivity contribution in [1.29, 1.82) is 0 Å². The van der Waals surface area contributed by atoms with Crippen molar-refractivity contribution >= 4 is 17.3 Å². The smallest absolute Gasteiger partial charge is 0.243 e. The van der Waals surface area contributed by atoms with Crippen LogP contribution in [-0.2, 0) is 11.2 Å². The molecule has 0 aliphatic carbocycles. The third-order valence-electron chi connectivity index (χ3n) is 4.05. The highest BCUT2D eigenvalue weighted by atomic mass is 16.1. The molecular weight excluding hydrogens is 272 g/mol. The van der Waals surface area contributed by atoms with E-state index in [0.29, 0.717) is 12.5 Å². The molecule has 1 unspecified atom stereocenters. The van der Waals surface area contributed by atoms with E-state index >= 15 is 0 Å². The average Bonchev–Trinajstić information content (AvgIpc) is 2.59. The number of para-hydroxylation sites is 2. The molecule has 2 aromatic carbocycles. The molecule has 1 heterocycles. The molecule has 3 heteroatoms. The summed E-state index contributed by atoms with van der Waals surface area (Å²) in [5.41, 5.74) is 3.78. The lowest BCUT2D eigenvalue weighted by Gasteiger charge is -2.36. The summed E-state index contributed by atoms with van der Waals surface area (Å²) in [4.78, 5) is 13.7. The van der Waals surface area contributed by atoms with Crippen molar-refractivity contribution in [2.75, 3.05) is 18.0 Å². The highest BCUT2D eigenvalue weighted by Gasteiger charge is 2.25. The van der Waals surface area contributed by atoms with Crippen LogP contribution in [0.5, 0.6) is 0 Å². The molecule has 1 atom stereocenters. The molecule has 22 heavy (non-hydrogen) atoms. The van der Waals surface area contributed by atoms with Gasteiger partial charge in [0.25, 0.3) is 0 Å². The Hall–Kier alpha value is -2.55. The second-order valence-electron chi connectivity index (χ2n) is 5.59. The zero-order valence-electron chi connectivity index (χ0n) is 12.5. The summed E-state index contributed by atoms with van der Waals surface area (Å²) in [6.45, 7) is 5.07. The second kappa shape index (κ2) is 6.48. The highest BCUT2D eigenvalue weighted by molar-refractivity contribution is 5.86. The Labute approximate surface area is 131 Å². The van der Waals surface area contributed by atoms with Crippen LogP contribution in [0, 0.1) is 5.92 Å². The molecule has 1 aliphatic rings. The van der Waals surface area contributed by atoms with Crippen LogP contribution in [0.3, 0.4) is 0 Å². The van der Waals surface area contributed by atoms with E-state index in [2.05, 4.69) is 65.3 Å². The van der Waals surface area contributed by atoms with Crippen molar-refractivity contribution in [1.82, 2.24) is 5.32 Å². The predicted octanol–water partition coefficient (Wildman–Crippen LogP) is 3.30. The fourth-order valence-electron chi connectivity index (χ4n) is 2.99. The van der Waals surface area contributed by atoms with Gasteiger partial charge in [-0.3, -0.25) is 4.79 Å². The summed E-state index contributed by atoms with van der Waals surface area (Å²) in [6, 6.07) is 18.9. The SMILES string of the molecule is C=CC(=O)NCC1Cc2ccccc2N(c2ccccc2)C1. The van der Waals surface area contributed by atoms with Gasteiger partial charge in [-0.15, -0.1) is 0 Å². The van der Waals surface area contributed by atoms with Crippen LogP contribution in [0.4, 0.5) is 11.4 Å². The summed E-state index contributed by atoms with van der Waals surface area (Å²) >= 11 is 0. The van der Waals surface area contributed by atoms with Gasteiger partial charge in [0, 0.05) is 24.5 Å². The first-order chi connectivity index (χ1) is 10.8. The maximum Gasteiger partial charge on any atom is 0.243 e. The van der Waals surface area contributed by atoms with E-state index in [1.807, 2.05) is 6.07 Å². The van der Waals surface area contributed by atoms with Crippen LogP contribution in [0.1, 0.15) is 5.56 Å². The molecule has 0 saturated carbocycles. The number of amides is 1. The molecular formula is C19H20N2O. The van der Waals surface area contributed by atoms with Crippen molar-refractivity contribution in [3.8, 4) is 0 Å². The van der Waals surface area contributed by atoms with E-state index in [9.17, 15) is 4.79 Å². The molecule has 2 aromatic rings. The number of rotatable bonds is 4. The number of fused-ring (bicyclic) bond motifs is 1. The van der Waals surface area contributed by atoms with Gasteiger partial charge in [0.2, 0.25) is 5.91 Å². The number of carbonyl (C=O) groups excluding carboxylic acids is 1. The Morgan fingerprint density at radius 1 is 1.18 bits per heavy atom. The van der Waals surface area contributed by atoms with Crippen LogP contribution < -0.4 is 10.2 Å². The Balaban J connectivity index is 1.85. The van der Waals surface area contributed by atoms with Gasteiger partial charge in [-0.2, -0.15) is 0 Å². The van der Waals surface area contributed by atoms with Gasteiger partial charge < -0.3 is 10.2 Å². The summed E-state index contributed by atoms with van der Waals surface area (Å²) in [5, 5.41) is 2.92. The summed E-state index contributed by atoms with van der Waals surface area (Å²) in [5.74, 6) is 0.282. The van der Waals surface area contributed by atoms with Crippen molar-refractivity contribution in [2.24, 2.45) is 5.92 Å². The van der Waals surface area contributed by atoms with Gasteiger partial charge in [0.05, 0.1) is 0 Å². The fraction of sp³-hybridized carbons (Fsp3) is 0.211. The van der Waals surface area contributed by atoms with Crippen molar-refractivity contribution in [2.45, 2.75) is 6.42 Å².